The highest BCUT2D eigenvalue weighted by molar-refractivity contribution is 7.98. The van der Waals surface area contributed by atoms with Crippen LogP contribution in [0.1, 0.15) is 0 Å². The third-order valence-electron chi connectivity index (χ3n) is 4.46. The Labute approximate surface area is 160 Å². The van der Waals surface area contributed by atoms with Gasteiger partial charge in [0.05, 0.1) is 0 Å². The van der Waals surface area contributed by atoms with Crippen molar-refractivity contribution in [1.82, 2.24) is 9.55 Å². The summed E-state index contributed by atoms with van der Waals surface area (Å²) >= 11 is 1.66. The summed E-state index contributed by atoms with van der Waals surface area (Å²) in [5, 5.41) is 0.869. The summed E-state index contributed by atoms with van der Waals surface area (Å²) in [6.45, 7) is 0. The Morgan fingerprint density at radius 3 is 2.74 bits per heavy atom. The summed E-state index contributed by atoms with van der Waals surface area (Å²) < 4.78 is 7.74. The molecule has 0 saturated carbocycles. The lowest BCUT2D eigenvalue weighted by molar-refractivity contribution is 0.484. The van der Waals surface area contributed by atoms with E-state index in [4.69, 9.17) is 10.5 Å². The number of nitrogens with zero attached hydrogens (tertiary/aromatic N) is 1. The van der Waals surface area contributed by atoms with Crippen molar-refractivity contribution in [1.29, 1.82) is 0 Å². The minimum absolute atomic E-state index is 0.0573. The van der Waals surface area contributed by atoms with E-state index in [-0.39, 0.29) is 5.56 Å². The lowest BCUT2D eigenvalue weighted by Crippen LogP contribution is -2.16. The number of fused-ring (bicyclic) bond motifs is 1. The van der Waals surface area contributed by atoms with E-state index >= 15 is 0 Å². The van der Waals surface area contributed by atoms with E-state index in [1.165, 1.54) is 0 Å². The topological polar surface area (TPSA) is 73.0 Å². The average Bonchev–Trinajstić information content (AvgIpc) is 3.15. The normalized spacial score (nSPS) is 11.0. The molecule has 0 radical (unpaired) electrons. The molecule has 4 rings (SSSR count). The lowest BCUT2D eigenvalue weighted by atomic mass is 10.0. The third-order valence-corrected chi connectivity index (χ3v) is 5.18. The van der Waals surface area contributed by atoms with Gasteiger partial charge >= 0.3 is 0 Å². The molecule has 27 heavy (non-hydrogen) atoms. The SMILES string of the molecule is CSc1ccc(Oc2cccc(N)c2)c(-c2cn(C)c(=O)c3[nH]ccc23)c1. The van der Waals surface area contributed by atoms with Gasteiger partial charge in [0, 0.05) is 52.6 Å². The van der Waals surface area contributed by atoms with E-state index in [0.29, 0.717) is 22.7 Å². The van der Waals surface area contributed by atoms with Crippen LogP contribution in [0.25, 0.3) is 22.0 Å². The Kier molecular flexibility index (Phi) is 4.41. The molecule has 2 aromatic heterocycles. The summed E-state index contributed by atoms with van der Waals surface area (Å²) in [4.78, 5) is 16.6. The number of nitrogens with two attached hydrogens (primary N) is 1. The Morgan fingerprint density at radius 2 is 1.96 bits per heavy atom. The molecule has 136 valence electrons. The van der Waals surface area contributed by atoms with Gasteiger partial charge in [-0.2, -0.15) is 0 Å². The molecule has 6 heteroatoms. The van der Waals surface area contributed by atoms with Crippen LogP contribution >= 0.6 is 11.8 Å². The standard InChI is InChI=1S/C21H19N3O2S/c1-24-12-18(16-8-9-23-20(16)21(24)25)17-11-15(27-2)6-7-19(17)26-14-5-3-4-13(22)10-14/h3-12,23H,22H2,1-2H3. The number of benzene rings is 2. The molecule has 0 fully saturated rings. The van der Waals surface area contributed by atoms with Crippen molar-refractivity contribution in [2.24, 2.45) is 7.05 Å². The van der Waals surface area contributed by atoms with Crippen LogP contribution in [0.2, 0.25) is 0 Å². The van der Waals surface area contributed by atoms with Gasteiger partial charge in [-0.3, -0.25) is 4.79 Å². The minimum atomic E-state index is -0.0573. The molecular formula is C21H19N3O2S. The number of hydrogen-bond acceptors (Lipinski definition) is 4. The molecule has 2 aromatic carbocycles. The number of aromatic nitrogens is 2. The first-order valence-corrected chi connectivity index (χ1v) is 9.68. The first kappa shape index (κ1) is 17.3. The van der Waals surface area contributed by atoms with E-state index in [1.54, 1.807) is 35.6 Å². The fraction of sp³-hybridized carbons (Fsp3) is 0.0952. The van der Waals surface area contributed by atoms with Gasteiger partial charge in [-0.05, 0) is 42.7 Å². The second-order valence-corrected chi connectivity index (χ2v) is 7.14. The number of aryl methyl sites for hydroxylation is 1. The van der Waals surface area contributed by atoms with Crippen LogP contribution in [0.4, 0.5) is 5.69 Å². The zero-order valence-electron chi connectivity index (χ0n) is 15.0. The number of rotatable bonds is 4. The Hall–Kier alpha value is -3.12. The number of nitrogen functional groups attached to an aromatic ring is 1. The maximum Gasteiger partial charge on any atom is 0.274 e. The van der Waals surface area contributed by atoms with Crippen molar-refractivity contribution in [2.45, 2.75) is 4.90 Å². The van der Waals surface area contributed by atoms with Gasteiger partial charge in [0.2, 0.25) is 0 Å². The quantitative estimate of drug-likeness (QED) is 0.402. The van der Waals surface area contributed by atoms with Gasteiger partial charge in [-0.1, -0.05) is 6.07 Å². The van der Waals surface area contributed by atoms with E-state index in [9.17, 15) is 4.79 Å². The summed E-state index contributed by atoms with van der Waals surface area (Å²) in [7, 11) is 1.75. The second kappa shape index (κ2) is 6.89. The zero-order chi connectivity index (χ0) is 19.0. The highest BCUT2D eigenvalue weighted by Gasteiger charge is 2.15. The van der Waals surface area contributed by atoms with Crippen molar-refractivity contribution in [3.05, 3.63) is 71.3 Å². The van der Waals surface area contributed by atoms with Crippen LogP contribution in [0.15, 0.2) is 70.6 Å². The van der Waals surface area contributed by atoms with Gasteiger partial charge in [-0.15, -0.1) is 11.8 Å². The van der Waals surface area contributed by atoms with Gasteiger partial charge in [0.1, 0.15) is 17.0 Å². The fourth-order valence-corrected chi connectivity index (χ4v) is 3.56. The van der Waals surface area contributed by atoms with Crippen molar-refractivity contribution < 1.29 is 4.74 Å². The van der Waals surface area contributed by atoms with Gasteiger partial charge in [0.15, 0.2) is 0 Å². The van der Waals surface area contributed by atoms with E-state index < -0.39 is 0 Å². The predicted molar refractivity (Wildman–Crippen MR) is 112 cm³/mol. The number of pyridine rings is 1. The summed E-state index contributed by atoms with van der Waals surface area (Å²) in [5.74, 6) is 1.38. The Morgan fingerprint density at radius 1 is 1.11 bits per heavy atom. The Bertz CT molecular complexity index is 1190. The van der Waals surface area contributed by atoms with Crippen LogP contribution in [0, 0.1) is 0 Å². The molecule has 0 atom stereocenters. The highest BCUT2D eigenvalue weighted by Crippen LogP contribution is 2.38. The molecule has 0 aliphatic rings. The largest absolute Gasteiger partial charge is 0.457 e. The number of hydrogen-bond donors (Lipinski definition) is 2. The molecule has 0 amide bonds. The molecule has 3 N–H and O–H groups in total. The number of aromatic amines is 1. The minimum Gasteiger partial charge on any atom is -0.457 e. The van der Waals surface area contributed by atoms with Crippen molar-refractivity contribution in [3.63, 3.8) is 0 Å². The van der Waals surface area contributed by atoms with Crippen molar-refractivity contribution >= 4 is 28.4 Å². The maximum atomic E-state index is 12.4. The molecule has 4 aromatic rings. The molecule has 0 spiro atoms. The lowest BCUT2D eigenvalue weighted by Gasteiger charge is -2.15. The van der Waals surface area contributed by atoms with Crippen LogP contribution < -0.4 is 16.0 Å². The molecule has 0 unspecified atom stereocenters. The second-order valence-electron chi connectivity index (χ2n) is 6.26. The molecule has 0 aliphatic heterocycles. The monoisotopic (exact) mass is 377 g/mol. The predicted octanol–water partition coefficient (Wildman–Crippen LogP) is 4.63. The zero-order valence-corrected chi connectivity index (χ0v) is 15.8. The summed E-state index contributed by atoms with van der Waals surface area (Å²) in [5.41, 5.74) is 8.90. The number of thioether (sulfide) groups is 1. The van der Waals surface area contributed by atoms with Crippen LogP contribution in [0.5, 0.6) is 11.5 Å². The maximum absolute atomic E-state index is 12.4. The molecular weight excluding hydrogens is 358 g/mol. The molecule has 0 saturated heterocycles. The van der Waals surface area contributed by atoms with E-state index in [0.717, 1.165) is 21.4 Å². The van der Waals surface area contributed by atoms with Gasteiger partial charge in [-0.25, -0.2) is 0 Å². The van der Waals surface area contributed by atoms with E-state index in [2.05, 4.69) is 11.1 Å². The molecule has 2 heterocycles. The van der Waals surface area contributed by atoms with Crippen LogP contribution in [-0.2, 0) is 7.05 Å². The summed E-state index contributed by atoms with van der Waals surface area (Å²) in [6, 6.07) is 15.3. The average molecular weight is 377 g/mol. The van der Waals surface area contributed by atoms with Crippen LogP contribution in [-0.4, -0.2) is 15.8 Å². The fourth-order valence-electron chi connectivity index (χ4n) is 3.12. The number of ether oxygens (including phenoxy) is 1. The molecule has 0 aliphatic carbocycles. The number of nitrogens with one attached hydrogen (secondary N) is 1. The number of H-pyrrole nitrogens is 1. The molecule has 5 nitrogen and oxygen atoms in total. The first-order chi connectivity index (χ1) is 13.1. The van der Waals surface area contributed by atoms with Gasteiger partial charge < -0.3 is 20.0 Å². The Balaban J connectivity index is 1.93. The van der Waals surface area contributed by atoms with Gasteiger partial charge in [0.25, 0.3) is 5.56 Å². The van der Waals surface area contributed by atoms with Crippen molar-refractivity contribution in [2.75, 3.05) is 12.0 Å². The highest BCUT2D eigenvalue weighted by atomic mass is 32.2. The van der Waals surface area contributed by atoms with Crippen LogP contribution in [0.3, 0.4) is 0 Å². The van der Waals surface area contributed by atoms with E-state index in [1.807, 2.05) is 48.9 Å². The summed E-state index contributed by atoms with van der Waals surface area (Å²) in [6.07, 6.45) is 5.67. The molecule has 0 bridgehead atoms. The smallest absolute Gasteiger partial charge is 0.274 e. The van der Waals surface area contributed by atoms with Crippen molar-refractivity contribution in [3.8, 4) is 22.6 Å². The number of anilines is 1. The third kappa shape index (κ3) is 3.19. The first-order valence-electron chi connectivity index (χ1n) is 8.45.